The second-order valence-electron chi connectivity index (χ2n) is 6.37. The molecule has 1 N–H and O–H groups in total. The van der Waals surface area contributed by atoms with Crippen LogP contribution in [0, 0.1) is 13.8 Å². The Balaban J connectivity index is 2.34. The van der Waals surface area contributed by atoms with Gasteiger partial charge in [0, 0.05) is 13.1 Å². The molecular weight excluding hydrogens is 416 g/mol. The Kier molecular flexibility index (Phi) is 7.67. The van der Waals surface area contributed by atoms with Crippen molar-refractivity contribution in [3.05, 3.63) is 34.6 Å². The fourth-order valence-corrected chi connectivity index (χ4v) is 4.54. The van der Waals surface area contributed by atoms with Crippen LogP contribution >= 0.6 is 11.6 Å². The van der Waals surface area contributed by atoms with E-state index in [2.05, 4.69) is 10.4 Å². The SMILES string of the molecule is CCOc1ccc(S(=O)(=O)N(CC)CC)cc1NC(=O)Cn1nc(C)c(Cl)c1C. The summed E-state index contributed by atoms with van der Waals surface area (Å²) in [5, 5.41) is 7.49. The lowest BCUT2D eigenvalue weighted by atomic mass is 10.3. The Morgan fingerprint density at radius 1 is 1.24 bits per heavy atom. The second-order valence-corrected chi connectivity index (χ2v) is 8.69. The van der Waals surface area contributed by atoms with Gasteiger partial charge in [-0.05, 0) is 39.0 Å². The molecule has 1 aromatic carbocycles. The Hall–Kier alpha value is -2.10. The van der Waals surface area contributed by atoms with Gasteiger partial charge in [-0.25, -0.2) is 8.42 Å². The molecule has 0 saturated heterocycles. The van der Waals surface area contributed by atoms with Gasteiger partial charge >= 0.3 is 0 Å². The molecule has 0 radical (unpaired) electrons. The number of rotatable bonds is 9. The van der Waals surface area contributed by atoms with Crippen LogP contribution in [-0.2, 0) is 21.4 Å². The number of aromatic nitrogens is 2. The maximum Gasteiger partial charge on any atom is 0.246 e. The average Bonchev–Trinajstić information content (AvgIpc) is 2.90. The minimum Gasteiger partial charge on any atom is -0.492 e. The number of nitrogens with one attached hydrogen (secondary N) is 1. The molecule has 0 aliphatic rings. The summed E-state index contributed by atoms with van der Waals surface area (Å²) in [4.78, 5) is 12.7. The highest BCUT2D eigenvalue weighted by molar-refractivity contribution is 7.89. The van der Waals surface area contributed by atoms with Gasteiger partial charge in [0.25, 0.3) is 0 Å². The van der Waals surface area contributed by atoms with Crippen molar-refractivity contribution in [2.75, 3.05) is 25.0 Å². The zero-order chi connectivity index (χ0) is 21.8. The molecule has 0 aliphatic carbocycles. The molecule has 1 heterocycles. The van der Waals surface area contributed by atoms with Crippen molar-refractivity contribution in [1.82, 2.24) is 14.1 Å². The number of amides is 1. The van der Waals surface area contributed by atoms with Crippen LogP contribution in [0.5, 0.6) is 5.75 Å². The maximum absolute atomic E-state index is 12.8. The molecule has 0 saturated carbocycles. The number of carbonyl (C=O) groups excluding carboxylic acids is 1. The number of benzene rings is 1. The maximum atomic E-state index is 12.8. The quantitative estimate of drug-likeness (QED) is 0.643. The van der Waals surface area contributed by atoms with Gasteiger partial charge in [-0.1, -0.05) is 25.4 Å². The average molecular weight is 443 g/mol. The minimum absolute atomic E-state index is 0.0576. The first-order valence-corrected chi connectivity index (χ1v) is 11.2. The Morgan fingerprint density at radius 3 is 2.41 bits per heavy atom. The van der Waals surface area contributed by atoms with Gasteiger partial charge in [0.05, 0.1) is 33.6 Å². The Morgan fingerprint density at radius 2 is 1.90 bits per heavy atom. The van der Waals surface area contributed by atoms with E-state index in [1.165, 1.54) is 21.1 Å². The smallest absolute Gasteiger partial charge is 0.246 e. The minimum atomic E-state index is -3.67. The van der Waals surface area contributed by atoms with Crippen LogP contribution in [0.25, 0.3) is 0 Å². The number of carbonyl (C=O) groups is 1. The van der Waals surface area contributed by atoms with E-state index in [1.807, 2.05) is 6.92 Å². The van der Waals surface area contributed by atoms with Crippen LogP contribution in [0.3, 0.4) is 0 Å². The van der Waals surface area contributed by atoms with Crippen molar-refractivity contribution in [2.24, 2.45) is 0 Å². The van der Waals surface area contributed by atoms with Gasteiger partial charge in [0.15, 0.2) is 0 Å². The highest BCUT2D eigenvalue weighted by Gasteiger charge is 2.23. The predicted octanol–water partition coefficient (Wildman–Crippen LogP) is 3.22. The largest absolute Gasteiger partial charge is 0.492 e. The highest BCUT2D eigenvalue weighted by Crippen LogP contribution is 2.29. The molecule has 8 nitrogen and oxygen atoms in total. The number of anilines is 1. The summed E-state index contributed by atoms with van der Waals surface area (Å²) < 4.78 is 34.0. The molecule has 0 aliphatic heterocycles. The molecule has 0 atom stereocenters. The van der Waals surface area contributed by atoms with E-state index < -0.39 is 10.0 Å². The molecule has 29 heavy (non-hydrogen) atoms. The predicted molar refractivity (Wildman–Crippen MR) is 113 cm³/mol. The van der Waals surface area contributed by atoms with Crippen LogP contribution in [0.4, 0.5) is 5.69 Å². The van der Waals surface area contributed by atoms with Crippen molar-refractivity contribution in [3.63, 3.8) is 0 Å². The van der Waals surface area contributed by atoms with Crippen LogP contribution in [-0.4, -0.2) is 48.1 Å². The van der Waals surface area contributed by atoms with E-state index in [1.54, 1.807) is 33.8 Å². The van der Waals surface area contributed by atoms with Gasteiger partial charge < -0.3 is 10.1 Å². The highest BCUT2D eigenvalue weighted by atomic mass is 35.5. The standard InChI is InChI=1S/C19H27ClN4O4S/c1-6-23(7-2)29(26,27)15-9-10-17(28-8-3)16(11-15)21-18(25)12-24-14(5)19(20)13(4)22-24/h9-11H,6-8,12H2,1-5H3,(H,21,25). The topological polar surface area (TPSA) is 93.5 Å². The van der Waals surface area contributed by atoms with Crippen molar-refractivity contribution >= 4 is 33.2 Å². The summed E-state index contributed by atoms with van der Waals surface area (Å²) in [5.41, 5.74) is 1.61. The number of aryl methyl sites for hydroxylation is 1. The van der Waals surface area contributed by atoms with Crippen molar-refractivity contribution < 1.29 is 17.9 Å². The first-order chi connectivity index (χ1) is 13.6. The number of ether oxygens (including phenoxy) is 1. The van der Waals surface area contributed by atoms with Crippen LogP contribution in [0.2, 0.25) is 5.02 Å². The summed E-state index contributed by atoms with van der Waals surface area (Å²) in [7, 11) is -3.67. The third kappa shape index (κ3) is 5.09. The monoisotopic (exact) mass is 442 g/mol. The zero-order valence-corrected chi connectivity index (χ0v) is 18.9. The van der Waals surface area contributed by atoms with Crippen LogP contribution < -0.4 is 10.1 Å². The van der Waals surface area contributed by atoms with Crippen molar-refractivity contribution in [3.8, 4) is 5.75 Å². The van der Waals surface area contributed by atoms with E-state index in [-0.39, 0.29) is 23.0 Å². The summed E-state index contributed by atoms with van der Waals surface area (Å²) in [6.45, 7) is 9.92. The normalized spacial score (nSPS) is 11.7. The van der Waals surface area contributed by atoms with E-state index >= 15 is 0 Å². The van der Waals surface area contributed by atoms with E-state index in [0.717, 1.165) is 0 Å². The molecule has 0 spiro atoms. The lowest BCUT2D eigenvalue weighted by Gasteiger charge is -2.20. The fourth-order valence-electron chi connectivity index (χ4n) is 2.92. The second kappa shape index (κ2) is 9.60. The van der Waals surface area contributed by atoms with Crippen molar-refractivity contribution in [2.45, 2.75) is 46.1 Å². The Labute approximate surface area is 176 Å². The molecule has 1 amide bonds. The van der Waals surface area contributed by atoms with Gasteiger partial charge in [0.2, 0.25) is 15.9 Å². The first kappa shape index (κ1) is 23.2. The van der Waals surface area contributed by atoms with Crippen LogP contribution in [0.1, 0.15) is 32.2 Å². The van der Waals surface area contributed by atoms with Gasteiger partial charge in [0.1, 0.15) is 12.3 Å². The number of hydrogen-bond acceptors (Lipinski definition) is 5. The summed E-state index contributed by atoms with van der Waals surface area (Å²) >= 11 is 6.13. The lowest BCUT2D eigenvalue weighted by molar-refractivity contribution is -0.117. The number of hydrogen-bond donors (Lipinski definition) is 1. The molecular formula is C19H27ClN4O4S. The molecule has 10 heteroatoms. The first-order valence-electron chi connectivity index (χ1n) is 9.41. The third-order valence-corrected chi connectivity index (χ3v) is 7.05. The number of halogens is 1. The van der Waals surface area contributed by atoms with Gasteiger partial charge in [-0.15, -0.1) is 0 Å². The molecule has 2 aromatic rings. The molecule has 1 aromatic heterocycles. The molecule has 2 rings (SSSR count). The third-order valence-electron chi connectivity index (χ3n) is 4.45. The Bertz CT molecular complexity index is 984. The number of sulfonamides is 1. The summed E-state index contributed by atoms with van der Waals surface area (Å²) in [6, 6.07) is 4.45. The van der Waals surface area contributed by atoms with Crippen molar-refractivity contribution in [1.29, 1.82) is 0 Å². The molecule has 160 valence electrons. The zero-order valence-electron chi connectivity index (χ0n) is 17.3. The fraction of sp³-hybridized carbons (Fsp3) is 0.474. The van der Waals surface area contributed by atoms with E-state index in [9.17, 15) is 13.2 Å². The molecule has 0 bridgehead atoms. The van der Waals surface area contributed by atoms with E-state index in [4.69, 9.17) is 16.3 Å². The van der Waals surface area contributed by atoms with Gasteiger partial charge in [-0.2, -0.15) is 9.40 Å². The summed E-state index contributed by atoms with van der Waals surface area (Å²) in [5.74, 6) is 0.0244. The van der Waals surface area contributed by atoms with Gasteiger partial charge in [-0.3, -0.25) is 9.48 Å². The van der Waals surface area contributed by atoms with E-state index in [0.29, 0.717) is 41.9 Å². The lowest BCUT2D eigenvalue weighted by Crippen LogP contribution is -2.30. The molecule has 0 unspecified atom stereocenters. The summed E-state index contributed by atoms with van der Waals surface area (Å²) in [6.07, 6.45) is 0. The molecule has 0 fully saturated rings. The number of nitrogens with zero attached hydrogens (tertiary/aromatic N) is 3. The van der Waals surface area contributed by atoms with Crippen LogP contribution in [0.15, 0.2) is 23.1 Å².